The van der Waals surface area contributed by atoms with Crippen LogP contribution in [0, 0.1) is 5.92 Å². The van der Waals surface area contributed by atoms with Crippen LogP contribution in [-0.4, -0.2) is 36.0 Å². The highest BCUT2D eigenvalue weighted by molar-refractivity contribution is 5.94. The van der Waals surface area contributed by atoms with E-state index >= 15 is 0 Å². The van der Waals surface area contributed by atoms with Gasteiger partial charge in [-0.25, -0.2) is 4.79 Å². The first kappa shape index (κ1) is 16.8. The molecule has 24 heavy (non-hydrogen) atoms. The van der Waals surface area contributed by atoms with Crippen LogP contribution in [0.25, 0.3) is 0 Å². The minimum atomic E-state index is -0.135. The molecule has 0 spiro atoms. The third-order valence-corrected chi connectivity index (χ3v) is 4.83. The number of piperidine rings is 1. The molecule has 1 aromatic carbocycles. The number of carbonyl (C=O) groups excluding carboxylic acids is 2. The number of nitrogens with zero attached hydrogens (tertiary/aromatic N) is 1. The molecule has 1 heterocycles. The molecule has 3 amide bonds. The van der Waals surface area contributed by atoms with Crippen LogP contribution >= 0.6 is 0 Å². The molecular formula is C19H27N3O2. The maximum atomic E-state index is 12.7. The van der Waals surface area contributed by atoms with Crippen LogP contribution in [0.15, 0.2) is 24.3 Å². The van der Waals surface area contributed by atoms with Crippen LogP contribution < -0.4 is 10.6 Å². The molecule has 1 saturated carbocycles. The lowest BCUT2D eigenvalue weighted by atomic mass is 9.96. The second-order valence-corrected chi connectivity index (χ2v) is 7.24. The maximum absolute atomic E-state index is 12.7. The van der Waals surface area contributed by atoms with Crippen LogP contribution in [-0.2, 0) is 4.79 Å². The Morgan fingerprint density at radius 2 is 1.92 bits per heavy atom. The Morgan fingerprint density at radius 3 is 2.62 bits per heavy atom. The number of amides is 3. The smallest absolute Gasteiger partial charge is 0.317 e. The lowest BCUT2D eigenvalue weighted by Crippen LogP contribution is -2.48. The van der Waals surface area contributed by atoms with E-state index in [4.69, 9.17) is 0 Å². The fourth-order valence-electron chi connectivity index (χ4n) is 3.22. The highest BCUT2D eigenvalue weighted by Gasteiger charge is 2.31. The molecule has 130 valence electrons. The number of para-hydroxylation sites is 1. The van der Waals surface area contributed by atoms with Crippen LogP contribution in [0.1, 0.15) is 51.0 Å². The molecule has 1 aliphatic carbocycles. The zero-order chi connectivity index (χ0) is 17.1. The van der Waals surface area contributed by atoms with Crippen molar-refractivity contribution < 1.29 is 9.59 Å². The summed E-state index contributed by atoms with van der Waals surface area (Å²) in [5.41, 5.74) is 2.03. The van der Waals surface area contributed by atoms with Gasteiger partial charge < -0.3 is 15.5 Å². The van der Waals surface area contributed by atoms with E-state index in [1.54, 1.807) is 4.90 Å². The maximum Gasteiger partial charge on any atom is 0.317 e. The summed E-state index contributed by atoms with van der Waals surface area (Å²) in [5, 5.41) is 6.09. The Bertz CT molecular complexity index is 610. The molecular weight excluding hydrogens is 302 g/mol. The highest BCUT2D eigenvalue weighted by Crippen LogP contribution is 2.26. The summed E-state index contributed by atoms with van der Waals surface area (Å²) in [6.07, 6.45) is 3.87. The number of carbonyl (C=O) groups is 2. The van der Waals surface area contributed by atoms with E-state index in [0.717, 1.165) is 43.5 Å². The van der Waals surface area contributed by atoms with Gasteiger partial charge in [-0.3, -0.25) is 4.79 Å². The number of anilines is 1. The molecule has 5 heteroatoms. The topological polar surface area (TPSA) is 61.4 Å². The molecule has 5 nitrogen and oxygen atoms in total. The quantitative estimate of drug-likeness (QED) is 0.890. The van der Waals surface area contributed by atoms with Crippen molar-refractivity contribution in [2.24, 2.45) is 5.92 Å². The average Bonchev–Trinajstić information content (AvgIpc) is 3.39. The van der Waals surface area contributed by atoms with E-state index < -0.39 is 0 Å². The SMILES string of the molecule is CC(C)c1ccccc1NC(=O)C1CCCN(C(=O)NC2CC2)C1. The number of benzene rings is 1. The number of likely N-dealkylation sites (tertiary alicyclic amines) is 1. The van der Waals surface area contributed by atoms with E-state index in [1.807, 2.05) is 18.2 Å². The van der Waals surface area contributed by atoms with Gasteiger partial charge >= 0.3 is 6.03 Å². The second-order valence-electron chi connectivity index (χ2n) is 7.24. The fraction of sp³-hybridized carbons (Fsp3) is 0.579. The normalized spacial score (nSPS) is 20.8. The first-order valence-corrected chi connectivity index (χ1v) is 9.00. The molecule has 1 aromatic rings. The van der Waals surface area contributed by atoms with Gasteiger partial charge in [0.25, 0.3) is 0 Å². The molecule has 1 saturated heterocycles. The number of hydrogen-bond donors (Lipinski definition) is 2. The summed E-state index contributed by atoms with van der Waals surface area (Å²) in [5.74, 6) is 0.240. The van der Waals surface area contributed by atoms with Crippen molar-refractivity contribution in [2.45, 2.75) is 51.5 Å². The van der Waals surface area contributed by atoms with Crippen molar-refractivity contribution in [3.05, 3.63) is 29.8 Å². The molecule has 3 rings (SSSR count). The van der Waals surface area contributed by atoms with Gasteiger partial charge in [-0.1, -0.05) is 32.0 Å². The second kappa shape index (κ2) is 7.24. The third kappa shape index (κ3) is 4.08. The van der Waals surface area contributed by atoms with Crippen LogP contribution in [0.4, 0.5) is 10.5 Å². The molecule has 2 aliphatic rings. The average molecular weight is 329 g/mol. The molecule has 2 N–H and O–H groups in total. The zero-order valence-corrected chi connectivity index (χ0v) is 14.5. The van der Waals surface area contributed by atoms with E-state index in [2.05, 4.69) is 30.5 Å². The van der Waals surface area contributed by atoms with Gasteiger partial charge in [-0.15, -0.1) is 0 Å². The van der Waals surface area contributed by atoms with Crippen molar-refractivity contribution in [3.8, 4) is 0 Å². The molecule has 1 unspecified atom stereocenters. The Kier molecular flexibility index (Phi) is 5.07. The minimum Gasteiger partial charge on any atom is -0.335 e. The molecule has 1 atom stereocenters. The lowest BCUT2D eigenvalue weighted by Gasteiger charge is -2.32. The fourth-order valence-corrected chi connectivity index (χ4v) is 3.22. The van der Waals surface area contributed by atoms with Crippen molar-refractivity contribution >= 4 is 17.6 Å². The first-order valence-electron chi connectivity index (χ1n) is 9.00. The largest absolute Gasteiger partial charge is 0.335 e. The third-order valence-electron chi connectivity index (χ3n) is 4.83. The highest BCUT2D eigenvalue weighted by atomic mass is 16.2. The van der Waals surface area contributed by atoms with Gasteiger partial charge in [-0.2, -0.15) is 0 Å². The minimum absolute atomic E-state index is 0.0161. The van der Waals surface area contributed by atoms with Gasteiger partial charge in [0.2, 0.25) is 5.91 Å². The Labute approximate surface area is 143 Å². The van der Waals surface area contributed by atoms with Crippen molar-refractivity contribution in [1.29, 1.82) is 0 Å². The molecule has 0 aromatic heterocycles. The zero-order valence-electron chi connectivity index (χ0n) is 14.5. The standard InChI is InChI=1S/C19H27N3O2/c1-13(2)16-7-3-4-8-17(16)21-18(23)14-6-5-11-22(12-14)19(24)20-15-9-10-15/h3-4,7-8,13-15H,5-6,9-12H2,1-2H3,(H,20,24)(H,21,23). The van der Waals surface area contributed by atoms with Gasteiger partial charge in [0.05, 0.1) is 5.92 Å². The Morgan fingerprint density at radius 1 is 1.17 bits per heavy atom. The van der Waals surface area contributed by atoms with Crippen molar-refractivity contribution in [1.82, 2.24) is 10.2 Å². The van der Waals surface area contributed by atoms with Crippen molar-refractivity contribution in [3.63, 3.8) is 0 Å². The van der Waals surface area contributed by atoms with Gasteiger partial charge in [0, 0.05) is 24.8 Å². The van der Waals surface area contributed by atoms with E-state index in [-0.39, 0.29) is 17.9 Å². The molecule has 1 aliphatic heterocycles. The number of nitrogens with one attached hydrogen (secondary N) is 2. The number of hydrogen-bond acceptors (Lipinski definition) is 2. The summed E-state index contributed by atoms with van der Waals surface area (Å²) >= 11 is 0. The van der Waals surface area contributed by atoms with E-state index in [0.29, 0.717) is 18.5 Å². The van der Waals surface area contributed by atoms with Gasteiger partial charge in [0.15, 0.2) is 0 Å². The van der Waals surface area contributed by atoms with Gasteiger partial charge in [-0.05, 0) is 43.2 Å². The first-order chi connectivity index (χ1) is 11.5. The molecule has 2 fully saturated rings. The molecule has 0 radical (unpaired) electrons. The van der Waals surface area contributed by atoms with Crippen LogP contribution in [0.3, 0.4) is 0 Å². The number of urea groups is 1. The predicted molar refractivity (Wildman–Crippen MR) is 95.0 cm³/mol. The molecule has 0 bridgehead atoms. The van der Waals surface area contributed by atoms with Gasteiger partial charge in [0.1, 0.15) is 0 Å². The van der Waals surface area contributed by atoms with Crippen molar-refractivity contribution in [2.75, 3.05) is 18.4 Å². The summed E-state index contributed by atoms with van der Waals surface area (Å²) in [6.45, 7) is 5.49. The van der Waals surface area contributed by atoms with Crippen LogP contribution in [0.2, 0.25) is 0 Å². The predicted octanol–water partition coefficient (Wildman–Crippen LogP) is 3.33. The lowest BCUT2D eigenvalue weighted by molar-refractivity contribution is -0.121. The summed E-state index contributed by atoms with van der Waals surface area (Å²) in [4.78, 5) is 26.7. The Balaban J connectivity index is 1.61. The van der Waals surface area contributed by atoms with E-state index in [9.17, 15) is 9.59 Å². The summed E-state index contributed by atoms with van der Waals surface area (Å²) < 4.78 is 0. The summed E-state index contributed by atoms with van der Waals surface area (Å²) in [7, 11) is 0. The monoisotopic (exact) mass is 329 g/mol. The Hall–Kier alpha value is -2.04. The summed E-state index contributed by atoms with van der Waals surface area (Å²) in [6, 6.07) is 8.28. The van der Waals surface area contributed by atoms with Crippen LogP contribution in [0.5, 0.6) is 0 Å². The number of rotatable bonds is 4. The van der Waals surface area contributed by atoms with E-state index in [1.165, 1.54) is 0 Å².